The van der Waals surface area contributed by atoms with Crippen LogP contribution in [0.1, 0.15) is 34.3 Å². The first-order chi connectivity index (χ1) is 8.10. The molecule has 1 amide bonds. The average molecular weight is 254 g/mol. The zero-order chi connectivity index (χ0) is 12.4. The van der Waals surface area contributed by atoms with Gasteiger partial charge in [-0.3, -0.25) is 4.79 Å². The lowest BCUT2D eigenvalue weighted by atomic mass is 9.89. The number of nitrogen functional groups attached to an aromatic ring is 1. The van der Waals surface area contributed by atoms with Gasteiger partial charge in [0.15, 0.2) is 0 Å². The van der Waals surface area contributed by atoms with Crippen LogP contribution in [0.25, 0.3) is 0 Å². The second-order valence-electron chi connectivity index (χ2n) is 4.34. The molecule has 94 valence electrons. The first-order valence-electron chi connectivity index (χ1n) is 5.88. The summed E-state index contributed by atoms with van der Waals surface area (Å²) in [5.74, 6) is -0.0188. The highest BCUT2D eigenvalue weighted by atomic mass is 32.1. The van der Waals surface area contributed by atoms with Crippen LogP contribution in [0.2, 0.25) is 0 Å². The van der Waals surface area contributed by atoms with E-state index in [-0.39, 0.29) is 11.9 Å². The normalized spacial score (nSPS) is 23.2. The minimum atomic E-state index is -0.0188. The maximum atomic E-state index is 11.9. The van der Waals surface area contributed by atoms with Crippen molar-refractivity contribution < 1.29 is 9.53 Å². The number of hydrogen-bond acceptors (Lipinski definition) is 4. The third kappa shape index (κ3) is 2.79. The van der Waals surface area contributed by atoms with E-state index in [1.807, 2.05) is 13.8 Å². The van der Waals surface area contributed by atoms with E-state index in [9.17, 15) is 4.79 Å². The van der Waals surface area contributed by atoms with Crippen LogP contribution in [-0.2, 0) is 4.74 Å². The maximum absolute atomic E-state index is 11.9. The van der Waals surface area contributed by atoms with Crippen LogP contribution in [0, 0.1) is 6.92 Å². The number of amides is 1. The molecular formula is C12H18N2O2S. The summed E-state index contributed by atoms with van der Waals surface area (Å²) in [6.45, 7) is 4.65. The zero-order valence-corrected chi connectivity index (χ0v) is 11.0. The van der Waals surface area contributed by atoms with E-state index in [4.69, 9.17) is 10.5 Å². The monoisotopic (exact) mass is 254 g/mol. The van der Waals surface area contributed by atoms with E-state index >= 15 is 0 Å². The smallest absolute Gasteiger partial charge is 0.261 e. The summed E-state index contributed by atoms with van der Waals surface area (Å²) in [5.41, 5.74) is 6.42. The summed E-state index contributed by atoms with van der Waals surface area (Å²) in [4.78, 5) is 13.6. The molecule has 5 heteroatoms. The van der Waals surface area contributed by atoms with Crippen molar-refractivity contribution >= 4 is 22.9 Å². The molecule has 0 aromatic carbocycles. The fraction of sp³-hybridized carbons (Fsp3) is 0.583. The molecule has 1 heterocycles. The molecule has 0 bridgehead atoms. The van der Waals surface area contributed by atoms with E-state index < -0.39 is 0 Å². The Kier molecular flexibility index (Phi) is 3.69. The van der Waals surface area contributed by atoms with Crippen molar-refractivity contribution in [3.05, 3.63) is 15.8 Å². The highest BCUT2D eigenvalue weighted by Gasteiger charge is 2.31. The predicted octanol–water partition coefficient (Wildman–Crippen LogP) is 1.94. The Morgan fingerprint density at radius 2 is 2.35 bits per heavy atom. The Morgan fingerprint density at radius 1 is 1.65 bits per heavy atom. The quantitative estimate of drug-likeness (QED) is 0.863. The van der Waals surface area contributed by atoms with Crippen LogP contribution in [0.4, 0.5) is 5.69 Å². The minimum absolute atomic E-state index is 0.0188. The lowest BCUT2D eigenvalue weighted by Gasteiger charge is -2.35. The molecule has 2 rings (SSSR count). The third-order valence-corrected chi connectivity index (χ3v) is 4.08. The van der Waals surface area contributed by atoms with Gasteiger partial charge in [0.2, 0.25) is 0 Å². The van der Waals surface area contributed by atoms with E-state index in [0.29, 0.717) is 16.7 Å². The third-order valence-electron chi connectivity index (χ3n) is 3.01. The van der Waals surface area contributed by atoms with Crippen molar-refractivity contribution in [2.24, 2.45) is 0 Å². The van der Waals surface area contributed by atoms with Gasteiger partial charge in [-0.05, 0) is 32.8 Å². The second-order valence-corrected chi connectivity index (χ2v) is 5.60. The van der Waals surface area contributed by atoms with Gasteiger partial charge in [0.05, 0.1) is 11.0 Å². The molecule has 1 aliphatic rings. The Balaban J connectivity index is 1.83. The summed E-state index contributed by atoms with van der Waals surface area (Å²) in [6, 6.07) is 2.00. The van der Waals surface area contributed by atoms with Crippen molar-refractivity contribution in [1.29, 1.82) is 0 Å². The summed E-state index contributed by atoms with van der Waals surface area (Å²) >= 11 is 1.44. The molecule has 1 aromatic rings. The summed E-state index contributed by atoms with van der Waals surface area (Å²) in [5, 5.41) is 3.00. The van der Waals surface area contributed by atoms with Gasteiger partial charge < -0.3 is 15.8 Å². The molecule has 0 spiro atoms. The second kappa shape index (κ2) is 5.06. The van der Waals surface area contributed by atoms with E-state index in [1.165, 1.54) is 11.3 Å². The minimum Gasteiger partial charge on any atom is -0.398 e. The number of nitrogens with one attached hydrogen (secondary N) is 1. The van der Waals surface area contributed by atoms with Gasteiger partial charge in [-0.25, -0.2) is 0 Å². The number of carbonyl (C=O) groups excluding carboxylic acids is 1. The summed E-state index contributed by atoms with van der Waals surface area (Å²) < 4.78 is 5.45. The summed E-state index contributed by atoms with van der Waals surface area (Å²) in [7, 11) is 0. The van der Waals surface area contributed by atoms with Crippen LogP contribution < -0.4 is 11.1 Å². The molecule has 1 aromatic heterocycles. The number of anilines is 1. The van der Waals surface area contributed by atoms with Crippen molar-refractivity contribution in [1.82, 2.24) is 5.32 Å². The van der Waals surface area contributed by atoms with Gasteiger partial charge in [0.1, 0.15) is 0 Å². The fourth-order valence-electron chi connectivity index (χ4n) is 1.92. The van der Waals surface area contributed by atoms with Gasteiger partial charge in [-0.1, -0.05) is 0 Å². The lowest BCUT2D eigenvalue weighted by Crippen LogP contribution is -2.47. The van der Waals surface area contributed by atoms with Crippen molar-refractivity contribution in [3.63, 3.8) is 0 Å². The van der Waals surface area contributed by atoms with Crippen LogP contribution >= 0.6 is 11.3 Å². The van der Waals surface area contributed by atoms with Crippen LogP contribution in [0.15, 0.2) is 6.07 Å². The van der Waals surface area contributed by atoms with Gasteiger partial charge in [0, 0.05) is 23.2 Å². The number of aryl methyl sites for hydroxylation is 1. The number of rotatable bonds is 4. The van der Waals surface area contributed by atoms with Crippen LogP contribution in [0.3, 0.4) is 0 Å². The van der Waals surface area contributed by atoms with Crippen molar-refractivity contribution in [3.8, 4) is 0 Å². The molecular weight excluding hydrogens is 236 g/mol. The Labute approximate surface area is 105 Å². The Morgan fingerprint density at radius 3 is 2.88 bits per heavy atom. The topological polar surface area (TPSA) is 64.3 Å². The van der Waals surface area contributed by atoms with E-state index in [0.717, 1.165) is 24.3 Å². The molecule has 4 nitrogen and oxygen atoms in total. The van der Waals surface area contributed by atoms with Gasteiger partial charge in [0.25, 0.3) is 5.91 Å². The van der Waals surface area contributed by atoms with Gasteiger partial charge >= 0.3 is 0 Å². The number of ether oxygens (including phenoxy) is 1. The molecule has 1 saturated carbocycles. The molecule has 3 N–H and O–H groups in total. The fourth-order valence-corrected chi connectivity index (χ4v) is 2.76. The highest BCUT2D eigenvalue weighted by molar-refractivity contribution is 7.14. The molecule has 1 aliphatic carbocycles. The predicted molar refractivity (Wildman–Crippen MR) is 69.4 cm³/mol. The standard InChI is InChI=1S/C12H18N2O2S/c1-3-16-9-4-8(5-9)14-12(15)11-6-10(13)7(2)17-11/h6,8-9H,3-5,13H2,1-2H3,(H,14,15). The number of nitrogens with two attached hydrogens (primary N) is 1. The molecule has 0 saturated heterocycles. The first kappa shape index (κ1) is 12.4. The number of hydrogen-bond donors (Lipinski definition) is 2. The first-order valence-corrected chi connectivity index (χ1v) is 6.70. The van der Waals surface area contributed by atoms with E-state index in [1.54, 1.807) is 6.07 Å². The molecule has 0 radical (unpaired) electrons. The van der Waals surface area contributed by atoms with Gasteiger partial charge in [-0.2, -0.15) is 0 Å². The van der Waals surface area contributed by atoms with Crippen molar-refractivity contribution in [2.75, 3.05) is 12.3 Å². The largest absolute Gasteiger partial charge is 0.398 e. The zero-order valence-electron chi connectivity index (χ0n) is 10.2. The number of carbonyl (C=O) groups is 1. The average Bonchev–Trinajstić information content (AvgIpc) is 2.56. The Bertz CT molecular complexity index is 391. The lowest BCUT2D eigenvalue weighted by molar-refractivity contribution is -0.00858. The molecule has 17 heavy (non-hydrogen) atoms. The van der Waals surface area contributed by atoms with Crippen LogP contribution in [0.5, 0.6) is 0 Å². The van der Waals surface area contributed by atoms with Gasteiger partial charge in [-0.15, -0.1) is 11.3 Å². The highest BCUT2D eigenvalue weighted by Crippen LogP contribution is 2.26. The Hall–Kier alpha value is -1.07. The van der Waals surface area contributed by atoms with Crippen molar-refractivity contribution in [2.45, 2.75) is 38.8 Å². The number of thiophene rings is 1. The van der Waals surface area contributed by atoms with Crippen LogP contribution in [-0.4, -0.2) is 24.7 Å². The molecule has 0 atom stereocenters. The molecule has 1 fully saturated rings. The maximum Gasteiger partial charge on any atom is 0.261 e. The summed E-state index contributed by atoms with van der Waals surface area (Å²) in [6.07, 6.45) is 2.15. The van der Waals surface area contributed by atoms with E-state index in [2.05, 4.69) is 5.32 Å². The molecule has 0 unspecified atom stereocenters. The SMILES string of the molecule is CCOC1CC(NC(=O)c2cc(N)c(C)s2)C1. The molecule has 0 aliphatic heterocycles.